The van der Waals surface area contributed by atoms with Gasteiger partial charge in [0.2, 0.25) is 5.95 Å². The monoisotopic (exact) mass is 764 g/mol. The first-order chi connectivity index (χ1) is 29.7. The Morgan fingerprint density at radius 3 is 1.70 bits per heavy atom. The van der Waals surface area contributed by atoms with E-state index >= 15 is 0 Å². The van der Waals surface area contributed by atoms with E-state index in [4.69, 9.17) is 19.4 Å². The van der Waals surface area contributed by atoms with Gasteiger partial charge in [-0.3, -0.25) is 4.57 Å². The topological polar surface area (TPSA) is 56.7 Å². The average Bonchev–Trinajstić information content (AvgIpc) is 3.84. The molecule has 0 spiro atoms. The minimum absolute atomic E-state index is 0.556. The van der Waals surface area contributed by atoms with Gasteiger partial charge in [-0.15, -0.1) is 0 Å². The van der Waals surface area contributed by atoms with Crippen LogP contribution < -0.4 is 0 Å². The number of rotatable bonds is 4. The van der Waals surface area contributed by atoms with E-state index in [0.717, 1.165) is 82.2 Å². The maximum Gasteiger partial charge on any atom is 0.238 e. The van der Waals surface area contributed by atoms with Crippen molar-refractivity contribution in [1.82, 2.24) is 19.5 Å². The van der Waals surface area contributed by atoms with E-state index in [0.29, 0.717) is 17.6 Å². The number of hydrogen-bond donors (Lipinski definition) is 0. The van der Waals surface area contributed by atoms with Crippen LogP contribution in [-0.4, -0.2) is 19.5 Å². The molecule has 0 fully saturated rings. The first-order valence-electron chi connectivity index (χ1n) is 20.3. The van der Waals surface area contributed by atoms with Crippen molar-refractivity contribution in [3.63, 3.8) is 0 Å². The number of fused-ring (bicyclic) bond motifs is 11. The summed E-state index contributed by atoms with van der Waals surface area (Å²) in [6.45, 7) is 0. The second-order valence-electron chi connectivity index (χ2n) is 15.6. The highest BCUT2D eigenvalue weighted by Crippen LogP contribution is 2.40. The van der Waals surface area contributed by atoms with Gasteiger partial charge in [0, 0.05) is 32.7 Å². The van der Waals surface area contributed by atoms with Crippen LogP contribution in [0.1, 0.15) is 0 Å². The summed E-state index contributed by atoms with van der Waals surface area (Å²) in [7, 11) is 0. The molecule has 0 aliphatic heterocycles. The molecular formula is C55H32N4O. The molecule has 13 aromatic rings. The lowest BCUT2D eigenvalue weighted by atomic mass is 9.96. The smallest absolute Gasteiger partial charge is 0.238 e. The quantitative estimate of drug-likeness (QED) is 0.179. The number of hydrogen-bond acceptors (Lipinski definition) is 4. The predicted octanol–water partition coefficient (Wildman–Crippen LogP) is 14.5. The van der Waals surface area contributed by atoms with Crippen LogP contribution in [0.4, 0.5) is 0 Å². The molecule has 278 valence electrons. The third-order valence-electron chi connectivity index (χ3n) is 12.2. The van der Waals surface area contributed by atoms with Gasteiger partial charge in [0.05, 0.1) is 11.0 Å². The van der Waals surface area contributed by atoms with E-state index in [1.807, 2.05) is 6.07 Å². The molecule has 0 bridgehead atoms. The van der Waals surface area contributed by atoms with Crippen molar-refractivity contribution >= 4 is 86.8 Å². The van der Waals surface area contributed by atoms with E-state index in [9.17, 15) is 0 Å². The van der Waals surface area contributed by atoms with E-state index in [2.05, 4.69) is 193 Å². The Morgan fingerprint density at radius 2 is 0.917 bits per heavy atom. The molecule has 0 aliphatic carbocycles. The van der Waals surface area contributed by atoms with Gasteiger partial charge < -0.3 is 4.42 Å². The highest BCUT2D eigenvalue weighted by Gasteiger charge is 2.21. The molecule has 0 radical (unpaired) electrons. The van der Waals surface area contributed by atoms with Gasteiger partial charge in [-0.25, -0.2) is 4.98 Å². The third-order valence-corrected chi connectivity index (χ3v) is 12.2. The molecule has 60 heavy (non-hydrogen) atoms. The molecule has 0 saturated heterocycles. The van der Waals surface area contributed by atoms with Gasteiger partial charge in [-0.1, -0.05) is 140 Å². The Morgan fingerprint density at radius 1 is 0.333 bits per heavy atom. The van der Waals surface area contributed by atoms with Gasteiger partial charge in [-0.2, -0.15) is 9.97 Å². The maximum atomic E-state index is 6.43. The van der Waals surface area contributed by atoms with Crippen molar-refractivity contribution in [2.45, 2.75) is 0 Å². The molecule has 10 aromatic carbocycles. The number of furan rings is 1. The fourth-order valence-electron chi connectivity index (χ4n) is 9.29. The standard InChI is InChI=1S/C55H32N4O/c1-2-11-33(12-3-1)42-20-10-18-35-21-22-40(29-44(35)42)53-56-54(41-24-26-50-45(30-41)46-27-36-14-5-7-17-39(36)32-51(46)60-50)58-55(57-53)59-48-25-23-34-13-8-9-19-43(34)52(48)47-28-37-15-4-6-16-38(37)31-49(47)59/h1-32H. The molecule has 5 heteroatoms. The Kier molecular flexibility index (Phi) is 6.95. The van der Waals surface area contributed by atoms with Crippen LogP contribution in [0, 0.1) is 0 Å². The summed E-state index contributed by atoms with van der Waals surface area (Å²) in [5, 5.41) is 13.7. The minimum atomic E-state index is 0.556. The van der Waals surface area contributed by atoms with Crippen LogP contribution in [0.5, 0.6) is 0 Å². The summed E-state index contributed by atoms with van der Waals surface area (Å²) in [6.07, 6.45) is 0. The Balaban J connectivity index is 1.11. The van der Waals surface area contributed by atoms with Crippen LogP contribution in [0.15, 0.2) is 199 Å². The van der Waals surface area contributed by atoms with E-state index in [-0.39, 0.29) is 0 Å². The SMILES string of the molecule is c1ccc(-c2cccc3ccc(-c4nc(-c5ccc6oc7cc8ccccc8cc7c6c5)nc(-n5c6cc7ccccc7cc6c6c7ccccc7ccc65)n4)cc23)cc1. The zero-order valence-corrected chi connectivity index (χ0v) is 32.2. The summed E-state index contributed by atoms with van der Waals surface area (Å²) in [5.74, 6) is 1.74. The van der Waals surface area contributed by atoms with Crippen LogP contribution in [-0.2, 0) is 0 Å². The largest absolute Gasteiger partial charge is 0.456 e. The number of benzene rings is 10. The molecule has 0 saturated carbocycles. The molecule has 3 heterocycles. The molecule has 0 unspecified atom stereocenters. The lowest BCUT2D eigenvalue weighted by Gasteiger charge is -2.13. The molecule has 0 amide bonds. The van der Waals surface area contributed by atoms with Gasteiger partial charge in [0.15, 0.2) is 11.6 Å². The van der Waals surface area contributed by atoms with Crippen molar-refractivity contribution in [3.05, 3.63) is 194 Å². The van der Waals surface area contributed by atoms with Crippen molar-refractivity contribution in [2.24, 2.45) is 0 Å². The second kappa shape index (κ2) is 12.7. The highest BCUT2D eigenvalue weighted by molar-refractivity contribution is 6.23. The predicted molar refractivity (Wildman–Crippen MR) is 248 cm³/mol. The summed E-state index contributed by atoms with van der Waals surface area (Å²) >= 11 is 0. The number of aromatic nitrogens is 4. The minimum Gasteiger partial charge on any atom is -0.456 e. The molecule has 0 aliphatic rings. The van der Waals surface area contributed by atoms with Crippen LogP contribution in [0.2, 0.25) is 0 Å². The maximum absolute atomic E-state index is 6.43. The van der Waals surface area contributed by atoms with Crippen molar-refractivity contribution in [3.8, 4) is 39.9 Å². The normalized spacial score (nSPS) is 12.0. The first kappa shape index (κ1) is 32.9. The highest BCUT2D eigenvalue weighted by atomic mass is 16.3. The molecule has 0 N–H and O–H groups in total. The van der Waals surface area contributed by atoms with Crippen LogP contribution in [0.25, 0.3) is 127 Å². The Labute approximate surface area is 343 Å². The van der Waals surface area contributed by atoms with Gasteiger partial charge in [-0.05, 0) is 109 Å². The summed E-state index contributed by atoms with van der Waals surface area (Å²) in [4.78, 5) is 16.1. The van der Waals surface area contributed by atoms with Crippen molar-refractivity contribution in [2.75, 3.05) is 0 Å². The fraction of sp³-hybridized carbons (Fsp3) is 0. The van der Waals surface area contributed by atoms with Gasteiger partial charge in [0.1, 0.15) is 11.2 Å². The summed E-state index contributed by atoms with van der Waals surface area (Å²) in [6, 6.07) is 68.7. The Bertz CT molecular complexity index is 3900. The summed E-state index contributed by atoms with van der Waals surface area (Å²) < 4.78 is 8.65. The van der Waals surface area contributed by atoms with Crippen molar-refractivity contribution < 1.29 is 4.42 Å². The second-order valence-corrected chi connectivity index (χ2v) is 15.6. The van der Waals surface area contributed by atoms with Crippen molar-refractivity contribution in [1.29, 1.82) is 0 Å². The van der Waals surface area contributed by atoms with Gasteiger partial charge >= 0.3 is 0 Å². The molecule has 0 atom stereocenters. The van der Waals surface area contributed by atoms with Gasteiger partial charge in [0.25, 0.3) is 0 Å². The van der Waals surface area contributed by atoms with E-state index in [1.54, 1.807) is 0 Å². The molecular weight excluding hydrogens is 733 g/mol. The number of nitrogens with zero attached hydrogens (tertiary/aromatic N) is 4. The third kappa shape index (κ3) is 5.03. The van der Waals surface area contributed by atoms with Crippen LogP contribution in [0.3, 0.4) is 0 Å². The van der Waals surface area contributed by atoms with E-state index in [1.165, 1.54) is 26.9 Å². The zero-order valence-electron chi connectivity index (χ0n) is 32.2. The lowest BCUT2D eigenvalue weighted by Crippen LogP contribution is -2.06. The van der Waals surface area contributed by atoms with E-state index < -0.39 is 0 Å². The molecule has 5 nitrogen and oxygen atoms in total. The zero-order chi connectivity index (χ0) is 39.3. The first-order valence-corrected chi connectivity index (χ1v) is 20.3. The van der Waals surface area contributed by atoms with Crippen LogP contribution >= 0.6 is 0 Å². The molecule has 3 aromatic heterocycles. The summed E-state index contributed by atoms with van der Waals surface area (Å²) in [5.41, 5.74) is 7.87. The Hall–Kier alpha value is -8.15. The average molecular weight is 765 g/mol. The fourth-order valence-corrected chi connectivity index (χ4v) is 9.29. The lowest BCUT2D eigenvalue weighted by molar-refractivity contribution is 0.669. The molecule has 13 rings (SSSR count).